The van der Waals surface area contributed by atoms with Crippen molar-refractivity contribution in [2.45, 2.75) is 31.1 Å². The van der Waals surface area contributed by atoms with E-state index in [9.17, 15) is 8.42 Å². The van der Waals surface area contributed by atoms with Gasteiger partial charge in [0.15, 0.2) is 0 Å². The molecule has 0 aliphatic heterocycles. The second-order valence-electron chi connectivity index (χ2n) is 5.07. The molecule has 0 radical (unpaired) electrons. The van der Waals surface area contributed by atoms with Gasteiger partial charge >= 0.3 is 0 Å². The number of sulfonamides is 1. The summed E-state index contributed by atoms with van der Waals surface area (Å²) in [5.74, 6) is 0.441. The maximum Gasteiger partial charge on any atom is 0.246 e. The van der Waals surface area contributed by atoms with Crippen LogP contribution in [0.25, 0.3) is 0 Å². The number of nitrogen functional groups attached to an aromatic ring is 1. The summed E-state index contributed by atoms with van der Waals surface area (Å²) in [7, 11) is -3.69. The Morgan fingerprint density at radius 2 is 1.85 bits per heavy atom. The fraction of sp³-hybridized carbons (Fsp3) is 0.538. The van der Waals surface area contributed by atoms with Gasteiger partial charge in [-0.25, -0.2) is 8.42 Å². The van der Waals surface area contributed by atoms with Crippen LogP contribution in [0.3, 0.4) is 0 Å². The van der Waals surface area contributed by atoms with Crippen LogP contribution in [-0.2, 0) is 10.0 Å². The summed E-state index contributed by atoms with van der Waals surface area (Å²) in [6.07, 6.45) is 3.33. The van der Waals surface area contributed by atoms with Crippen molar-refractivity contribution in [1.29, 1.82) is 0 Å². The van der Waals surface area contributed by atoms with E-state index in [0.717, 1.165) is 12.8 Å². The minimum atomic E-state index is -3.69. The number of halogens is 2. The Morgan fingerprint density at radius 3 is 2.25 bits per heavy atom. The highest BCUT2D eigenvalue weighted by molar-refractivity contribution is 7.89. The Bertz CT molecular complexity index is 577. The molecule has 7 heteroatoms. The molecule has 0 bridgehead atoms. The van der Waals surface area contributed by atoms with E-state index < -0.39 is 10.0 Å². The molecule has 0 atom stereocenters. The third-order valence-electron chi connectivity index (χ3n) is 3.66. The zero-order valence-corrected chi connectivity index (χ0v) is 13.6. The second-order valence-corrected chi connectivity index (χ2v) is 7.76. The van der Waals surface area contributed by atoms with Crippen LogP contribution in [0.1, 0.15) is 26.2 Å². The largest absolute Gasteiger partial charge is 0.399 e. The van der Waals surface area contributed by atoms with E-state index in [1.165, 1.54) is 22.9 Å². The first-order valence-electron chi connectivity index (χ1n) is 6.61. The van der Waals surface area contributed by atoms with Gasteiger partial charge in [0.25, 0.3) is 0 Å². The summed E-state index contributed by atoms with van der Waals surface area (Å²) in [4.78, 5) is -0.0452. The van der Waals surface area contributed by atoms with Crippen molar-refractivity contribution < 1.29 is 8.42 Å². The molecule has 1 aromatic rings. The molecule has 20 heavy (non-hydrogen) atoms. The van der Waals surface area contributed by atoms with Crippen LogP contribution in [0.15, 0.2) is 17.0 Å². The van der Waals surface area contributed by atoms with Gasteiger partial charge in [0.2, 0.25) is 10.0 Å². The molecule has 0 heterocycles. The van der Waals surface area contributed by atoms with E-state index in [1.54, 1.807) is 0 Å². The summed E-state index contributed by atoms with van der Waals surface area (Å²) in [6.45, 7) is 2.74. The predicted molar refractivity (Wildman–Crippen MR) is 82.6 cm³/mol. The molecule has 112 valence electrons. The highest BCUT2D eigenvalue weighted by Gasteiger charge is 2.31. The number of benzene rings is 1. The van der Waals surface area contributed by atoms with Gasteiger partial charge in [-0.1, -0.05) is 36.5 Å². The third-order valence-corrected chi connectivity index (χ3v) is 6.52. The van der Waals surface area contributed by atoms with Crippen molar-refractivity contribution in [1.82, 2.24) is 4.31 Å². The molecule has 2 rings (SSSR count). The normalized spacial score (nSPS) is 16.4. The standard InChI is InChI=1S/C13H18Cl2N2O2S/c1-2-17(8-9-4-3-5-9)20(18,19)13-11(14)6-10(16)7-12(13)15/h6-7,9H,2-5,8,16H2,1H3. The number of hydrogen-bond acceptors (Lipinski definition) is 3. The lowest BCUT2D eigenvalue weighted by Gasteiger charge is -2.31. The van der Waals surface area contributed by atoms with Crippen molar-refractivity contribution in [2.75, 3.05) is 18.8 Å². The van der Waals surface area contributed by atoms with Gasteiger partial charge in [-0.05, 0) is 30.9 Å². The Labute approximate surface area is 129 Å². The van der Waals surface area contributed by atoms with Gasteiger partial charge in [0, 0.05) is 18.8 Å². The number of anilines is 1. The van der Waals surface area contributed by atoms with E-state index in [-0.39, 0.29) is 14.9 Å². The molecule has 0 spiro atoms. The molecule has 0 aromatic heterocycles. The minimum Gasteiger partial charge on any atom is -0.399 e. The maximum absolute atomic E-state index is 12.7. The summed E-state index contributed by atoms with van der Waals surface area (Å²) < 4.78 is 26.9. The molecule has 2 N–H and O–H groups in total. The lowest BCUT2D eigenvalue weighted by atomic mass is 9.85. The van der Waals surface area contributed by atoms with E-state index >= 15 is 0 Å². The Balaban J connectivity index is 2.37. The van der Waals surface area contributed by atoms with E-state index in [1.807, 2.05) is 6.92 Å². The van der Waals surface area contributed by atoms with Crippen LogP contribution in [0, 0.1) is 5.92 Å². The Kier molecular flexibility index (Phi) is 4.84. The molecular formula is C13H18Cl2N2O2S. The summed E-state index contributed by atoms with van der Waals surface area (Å²) in [5.41, 5.74) is 5.96. The zero-order chi connectivity index (χ0) is 14.9. The first-order chi connectivity index (χ1) is 9.36. The van der Waals surface area contributed by atoms with Crippen LogP contribution < -0.4 is 5.73 Å². The fourth-order valence-corrected chi connectivity index (χ4v) is 5.02. The van der Waals surface area contributed by atoms with Crippen molar-refractivity contribution in [3.63, 3.8) is 0 Å². The summed E-state index contributed by atoms with van der Waals surface area (Å²) in [6, 6.07) is 2.83. The quantitative estimate of drug-likeness (QED) is 0.838. The lowest BCUT2D eigenvalue weighted by molar-refractivity contribution is 0.250. The van der Waals surface area contributed by atoms with E-state index in [4.69, 9.17) is 28.9 Å². The molecule has 0 saturated heterocycles. The number of rotatable bonds is 5. The maximum atomic E-state index is 12.7. The van der Waals surface area contributed by atoms with Crippen molar-refractivity contribution >= 4 is 38.9 Å². The Morgan fingerprint density at radius 1 is 1.30 bits per heavy atom. The third kappa shape index (κ3) is 3.06. The van der Waals surface area contributed by atoms with Crippen LogP contribution in [0.2, 0.25) is 10.0 Å². The van der Waals surface area contributed by atoms with E-state index in [2.05, 4.69) is 0 Å². The van der Waals surface area contributed by atoms with Gasteiger partial charge in [0.1, 0.15) is 4.90 Å². The van der Waals surface area contributed by atoms with E-state index in [0.29, 0.717) is 24.7 Å². The molecule has 1 aromatic carbocycles. The number of nitrogens with two attached hydrogens (primary N) is 1. The molecule has 1 fully saturated rings. The SMILES string of the molecule is CCN(CC1CCC1)S(=O)(=O)c1c(Cl)cc(N)cc1Cl. The number of nitrogens with zero attached hydrogens (tertiary/aromatic N) is 1. The summed E-state index contributed by atoms with van der Waals surface area (Å²) >= 11 is 12.1. The van der Waals surface area contributed by atoms with Crippen LogP contribution in [-0.4, -0.2) is 25.8 Å². The van der Waals surface area contributed by atoms with Crippen LogP contribution in [0.5, 0.6) is 0 Å². The smallest absolute Gasteiger partial charge is 0.246 e. The first kappa shape index (κ1) is 15.9. The molecule has 1 saturated carbocycles. The topological polar surface area (TPSA) is 63.4 Å². The zero-order valence-electron chi connectivity index (χ0n) is 11.3. The van der Waals surface area contributed by atoms with Gasteiger partial charge in [-0.3, -0.25) is 0 Å². The molecule has 1 aliphatic rings. The number of hydrogen-bond donors (Lipinski definition) is 1. The highest BCUT2D eigenvalue weighted by atomic mass is 35.5. The first-order valence-corrected chi connectivity index (χ1v) is 8.80. The van der Waals surface area contributed by atoms with Gasteiger partial charge < -0.3 is 5.73 Å². The van der Waals surface area contributed by atoms with Crippen LogP contribution >= 0.6 is 23.2 Å². The van der Waals surface area contributed by atoms with Gasteiger partial charge in [-0.2, -0.15) is 4.31 Å². The average molecular weight is 337 g/mol. The average Bonchev–Trinajstić information content (AvgIpc) is 2.24. The second kappa shape index (κ2) is 6.10. The van der Waals surface area contributed by atoms with Gasteiger partial charge in [0.05, 0.1) is 10.0 Å². The van der Waals surface area contributed by atoms with Gasteiger partial charge in [-0.15, -0.1) is 0 Å². The fourth-order valence-electron chi connectivity index (χ4n) is 2.32. The molecule has 1 aliphatic carbocycles. The Hall–Kier alpha value is -0.490. The van der Waals surface area contributed by atoms with Crippen molar-refractivity contribution in [3.05, 3.63) is 22.2 Å². The van der Waals surface area contributed by atoms with Crippen LogP contribution in [0.4, 0.5) is 5.69 Å². The molecular weight excluding hydrogens is 319 g/mol. The summed E-state index contributed by atoms with van der Waals surface area (Å²) in [5, 5.41) is 0.143. The molecule has 0 unspecified atom stereocenters. The highest BCUT2D eigenvalue weighted by Crippen LogP contribution is 2.35. The van der Waals surface area contributed by atoms with Crippen molar-refractivity contribution in [3.8, 4) is 0 Å². The monoisotopic (exact) mass is 336 g/mol. The van der Waals surface area contributed by atoms with Crippen molar-refractivity contribution in [2.24, 2.45) is 5.92 Å². The lowest BCUT2D eigenvalue weighted by Crippen LogP contribution is -2.37. The minimum absolute atomic E-state index is 0.0452. The predicted octanol–water partition coefficient (Wildman–Crippen LogP) is 3.39. The molecule has 0 amide bonds. The molecule has 4 nitrogen and oxygen atoms in total.